The monoisotopic (exact) mass is 268 g/mol. The van der Waals surface area contributed by atoms with Gasteiger partial charge in [0.1, 0.15) is 6.61 Å². The predicted molar refractivity (Wildman–Crippen MR) is 69.8 cm³/mol. The zero-order chi connectivity index (χ0) is 13.1. The Balaban J connectivity index is 2.08. The molecule has 6 heteroatoms. The Labute approximate surface area is 111 Å². The van der Waals surface area contributed by atoms with Crippen molar-refractivity contribution in [2.24, 2.45) is 7.05 Å². The molecule has 0 aliphatic carbocycles. The van der Waals surface area contributed by atoms with Crippen LogP contribution in [0.1, 0.15) is 25.2 Å². The molecule has 2 aromatic rings. The number of halogens is 1. The Bertz CT molecular complexity index is 532. The summed E-state index contributed by atoms with van der Waals surface area (Å²) in [4.78, 5) is 0. The standard InChI is InChI=1S/C12H17ClN4O/c1-4-10-12(13)11(16(3)15-10)8-18-9-6-14-17(5-2)7-9/h6-7H,4-5,8H2,1-3H3. The Hall–Kier alpha value is -1.49. The second-order valence-electron chi connectivity index (χ2n) is 4.00. The van der Waals surface area contributed by atoms with Crippen LogP contribution in [0.5, 0.6) is 5.75 Å². The highest BCUT2D eigenvalue weighted by atomic mass is 35.5. The summed E-state index contributed by atoms with van der Waals surface area (Å²) in [7, 11) is 1.87. The van der Waals surface area contributed by atoms with Crippen LogP contribution in [0.15, 0.2) is 12.4 Å². The zero-order valence-corrected chi connectivity index (χ0v) is 11.6. The summed E-state index contributed by atoms with van der Waals surface area (Å²) < 4.78 is 9.25. The fourth-order valence-corrected chi connectivity index (χ4v) is 2.07. The van der Waals surface area contributed by atoms with Gasteiger partial charge in [0.2, 0.25) is 0 Å². The number of aryl methyl sites for hydroxylation is 3. The highest BCUT2D eigenvalue weighted by molar-refractivity contribution is 6.31. The molecule has 2 aromatic heterocycles. The van der Waals surface area contributed by atoms with Crippen molar-refractivity contribution in [1.29, 1.82) is 0 Å². The third-order valence-corrected chi connectivity index (χ3v) is 3.25. The highest BCUT2D eigenvalue weighted by Crippen LogP contribution is 2.22. The number of ether oxygens (including phenoxy) is 1. The molecule has 0 amide bonds. The topological polar surface area (TPSA) is 44.9 Å². The van der Waals surface area contributed by atoms with Crippen molar-refractivity contribution < 1.29 is 4.74 Å². The maximum Gasteiger partial charge on any atom is 0.157 e. The maximum absolute atomic E-state index is 6.24. The number of nitrogens with zero attached hydrogens (tertiary/aromatic N) is 4. The smallest absolute Gasteiger partial charge is 0.157 e. The molecule has 0 spiro atoms. The van der Waals surface area contributed by atoms with Gasteiger partial charge in [-0.2, -0.15) is 10.2 Å². The summed E-state index contributed by atoms with van der Waals surface area (Å²) in [5.41, 5.74) is 1.79. The number of hydrogen-bond donors (Lipinski definition) is 0. The Kier molecular flexibility index (Phi) is 3.91. The molecule has 0 saturated carbocycles. The molecule has 18 heavy (non-hydrogen) atoms. The first-order valence-electron chi connectivity index (χ1n) is 6.01. The summed E-state index contributed by atoms with van der Waals surface area (Å²) in [6.07, 6.45) is 4.39. The molecule has 0 N–H and O–H groups in total. The third kappa shape index (κ3) is 2.51. The van der Waals surface area contributed by atoms with Gasteiger partial charge in [0.15, 0.2) is 5.75 Å². The van der Waals surface area contributed by atoms with Crippen LogP contribution in [0.3, 0.4) is 0 Å². The number of aromatic nitrogens is 4. The van der Waals surface area contributed by atoms with Gasteiger partial charge in [-0.15, -0.1) is 0 Å². The van der Waals surface area contributed by atoms with E-state index < -0.39 is 0 Å². The van der Waals surface area contributed by atoms with Crippen LogP contribution in [0.4, 0.5) is 0 Å². The van der Waals surface area contributed by atoms with Crippen molar-refractivity contribution >= 4 is 11.6 Å². The maximum atomic E-state index is 6.24. The van der Waals surface area contributed by atoms with Crippen LogP contribution in [0, 0.1) is 0 Å². The van der Waals surface area contributed by atoms with E-state index in [4.69, 9.17) is 16.3 Å². The van der Waals surface area contributed by atoms with Crippen molar-refractivity contribution in [3.8, 4) is 5.75 Å². The molecule has 0 unspecified atom stereocenters. The van der Waals surface area contributed by atoms with E-state index in [2.05, 4.69) is 10.2 Å². The summed E-state index contributed by atoms with van der Waals surface area (Å²) in [6, 6.07) is 0. The SMILES string of the molecule is CCc1nn(C)c(COc2cnn(CC)c2)c1Cl. The Morgan fingerprint density at radius 1 is 1.39 bits per heavy atom. The zero-order valence-electron chi connectivity index (χ0n) is 10.9. The van der Waals surface area contributed by atoms with Crippen LogP contribution < -0.4 is 4.74 Å². The molecule has 0 radical (unpaired) electrons. The first-order valence-corrected chi connectivity index (χ1v) is 6.39. The van der Waals surface area contributed by atoms with Gasteiger partial charge in [-0.25, -0.2) is 0 Å². The lowest BCUT2D eigenvalue weighted by molar-refractivity contribution is 0.294. The molecule has 0 bridgehead atoms. The molecule has 0 aliphatic rings. The van der Waals surface area contributed by atoms with Gasteiger partial charge in [-0.05, 0) is 13.3 Å². The van der Waals surface area contributed by atoms with E-state index in [1.165, 1.54) is 0 Å². The third-order valence-electron chi connectivity index (χ3n) is 2.81. The fraction of sp³-hybridized carbons (Fsp3) is 0.500. The van der Waals surface area contributed by atoms with Crippen molar-refractivity contribution in [3.05, 3.63) is 28.8 Å². The Morgan fingerprint density at radius 2 is 2.17 bits per heavy atom. The van der Waals surface area contributed by atoms with Crippen LogP contribution in [-0.4, -0.2) is 19.6 Å². The second-order valence-corrected chi connectivity index (χ2v) is 4.38. The normalized spacial score (nSPS) is 10.9. The summed E-state index contributed by atoms with van der Waals surface area (Å²) in [5.74, 6) is 0.743. The lowest BCUT2D eigenvalue weighted by Gasteiger charge is -2.04. The van der Waals surface area contributed by atoms with Crippen molar-refractivity contribution in [1.82, 2.24) is 19.6 Å². The molecule has 0 aromatic carbocycles. The lowest BCUT2D eigenvalue weighted by atomic mass is 10.3. The summed E-state index contributed by atoms with van der Waals surface area (Å²) in [5, 5.41) is 9.19. The average Bonchev–Trinajstić information content (AvgIpc) is 2.93. The quantitative estimate of drug-likeness (QED) is 0.837. The van der Waals surface area contributed by atoms with Crippen molar-refractivity contribution in [2.45, 2.75) is 33.4 Å². The van der Waals surface area contributed by atoms with Gasteiger partial charge in [-0.1, -0.05) is 18.5 Å². The first kappa shape index (κ1) is 13.0. The van der Waals surface area contributed by atoms with E-state index in [9.17, 15) is 0 Å². The Morgan fingerprint density at radius 3 is 2.72 bits per heavy atom. The minimum atomic E-state index is 0.401. The average molecular weight is 269 g/mol. The molecule has 2 heterocycles. The van der Waals surface area contributed by atoms with E-state index in [0.29, 0.717) is 11.6 Å². The van der Waals surface area contributed by atoms with Crippen molar-refractivity contribution in [2.75, 3.05) is 0 Å². The molecule has 0 saturated heterocycles. The molecule has 0 aliphatic heterocycles. The largest absolute Gasteiger partial charge is 0.484 e. The number of rotatable bonds is 5. The van der Waals surface area contributed by atoms with Crippen LogP contribution in [0.25, 0.3) is 0 Å². The first-order chi connectivity index (χ1) is 8.65. The van der Waals surface area contributed by atoms with Crippen LogP contribution >= 0.6 is 11.6 Å². The minimum absolute atomic E-state index is 0.401. The fourth-order valence-electron chi connectivity index (χ4n) is 1.72. The van der Waals surface area contributed by atoms with E-state index in [1.54, 1.807) is 10.9 Å². The molecule has 0 atom stereocenters. The molecule has 98 valence electrons. The lowest BCUT2D eigenvalue weighted by Crippen LogP contribution is -2.03. The van der Waals surface area contributed by atoms with Gasteiger partial charge in [-0.3, -0.25) is 9.36 Å². The highest BCUT2D eigenvalue weighted by Gasteiger charge is 2.13. The molecule has 5 nitrogen and oxygen atoms in total. The van der Waals surface area contributed by atoms with Gasteiger partial charge < -0.3 is 4.74 Å². The van der Waals surface area contributed by atoms with E-state index in [-0.39, 0.29) is 0 Å². The molecule has 2 rings (SSSR count). The van der Waals surface area contributed by atoms with E-state index >= 15 is 0 Å². The van der Waals surface area contributed by atoms with Crippen molar-refractivity contribution in [3.63, 3.8) is 0 Å². The van der Waals surface area contributed by atoms with Gasteiger partial charge >= 0.3 is 0 Å². The van der Waals surface area contributed by atoms with Crippen LogP contribution in [0.2, 0.25) is 5.02 Å². The molecular weight excluding hydrogens is 252 g/mol. The van der Waals surface area contributed by atoms with Gasteiger partial charge in [0.05, 0.1) is 28.8 Å². The number of hydrogen-bond acceptors (Lipinski definition) is 3. The molecular formula is C12H17ClN4O. The van der Waals surface area contributed by atoms with E-state index in [1.807, 2.05) is 31.8 Å². The second kappa shape index (κ2) is 5.44. The predicted octanol–water partition coefficient (Wildman–Crippen LogP) is 2.43. The van der Waals surface area contributed by atoms with E-state index in [0.717, 1.165) is 30.1 Å². The van der Waals surface area contributed by atoms with Gasteiger partial charge in [0, 0.05) is 13.6 Å². The van der Waals surface area contributed by atoms with Crippen LogP contribution in [-0.2, 0) is 26.6 Å². The minimum Gasteiger partial charge on any atom is -0.484 e. The summed E-state index contributed by atoms with van der Waals surface area (Å²) in [6.45, 7) is 5.29. The molecule has 0 fully saturated rings. The summed E-state index contributed by atoms with van der Waals surface area (Å²) >= 11 is 6.24. The van der Waals surface area contributed by atoms with Gasteiger partial charge in [0.25, 0.3) is 0 Å².